The van der Waals surface area contributed by atoms with Crippen molar-refractivity contribution in [3.63, 3.8) is 0 Å². The van der Waals surface area contributed by atoms with E-state index >= 15 is 0 Å². The molecule has 148 valence electrons. The first-order chi connectivity index (χ1) is 13.4. The van der Waals surface area contributed by atoms with E-state index in [9.17, 15) is 8.42 Å². The molecule has 0 aliphatic heterocycles. The van der Waals surface area contributed by atoms with Crippen molar-refractivity contribution in [1.82, 2.24) is 14.9 Å². The molecular weight excluding hydrogens is 378 g/mol. The molecule has 0 unspecified atom stereocenters. The standard InChI is InChI=1S/C19H23N5O3S/c1-24(10-11-27-2)13-15-5-3-4-14-12-21-19(23-18(14)15)22-16-6-8-17(9-7-16)28(20,25)26/h3-9,12H,10-11,13H2,1-2H3,(H2,20,25,26)(H,21,22,23). The molecule has 0 saturated heterocycles. The van der Waals surface area contributed by atoms with Crippen LogP contribution in [0.5, 0.6) is 0 Å². The summed E-state index contributed by atoms with van der Waals surface area (Å²) in [6.07, 6.45) is 1.77. The Hall–Kier alpha value is -2.59. The number of nitrogens with zero attached hydrogens (tertiary/aromatic N) is 3. The fourth-order valence-corrected chi connectivity index (χ4v) is 3.29. The number of nitrogens with two attached hydrogens (primary N) is 1. The number of ether oxygens (including phenoxy) is 1. The van der Waals surface area contributed by atoms with Crippen LogP contribution < -0.4 is 10.5 Å². The third-order valence-corrected chi connectivity index (χ3v) is 5.18. The maximum absolute atomic E-state index is 11.4. The van der Waals surface area contributed by atoms with E-state index in [0.717, 1.165) is 29.6 Å². The Morgan fingerprint density at radius 1 is 1.18 bits per heavy atom. The van der Waals surface area contributed by atoms with Crippen molar-refractivity contribution in [2.75, 3.05) is 32.6 Å². The summed E-state index contributed by atoms with van der Waals surface area (Å²) in [5.74, 6) is 0.433. The Morgan fingerprint density at radius 3 is 2.61 bits per heavy atom. The SMILES string of the molecule is COCCN(C)Cc1cccc2cnc(Nc3ccc(S(N)(=O)=O)cc3)nc12. The van der Waals surface area contributed by atoms with E-state index in [1.54, 1.807) is 25.4 Å². The second-order valence-electron chi connectivity index (χ2n) is 6.47. The average Bonchev–Trinajstić information content (AvgIpc) is 2.66. The fourth-order valence-electron chi connectivity index (χ4n) is 2.78. The second kappa shape index (κ2) is 8.61. The van der Waals surface area contributed by atoms with Gasteiger partial charge in [0.25, 0.3) is 0 Å². The van der Waals surface area contributed by atoms with Crippen molar-refractivity contribution in [3.05, 3.63) is 54.2 Å². The molecule has 2 aromatic carbocycles. The van der Waals surface area contributed by atoms with Crippen LogP contribution in [0.3, 0.4) is 0 Å². The van der Waals surface area contributed by atoms with Crippen LogP contribution in [0.1, 0.15) is 5.56 Å². The molecule has 0 saturated carbocycles. The van der Waals surface area contributed by atoms with Gasteiger partial charge in [0.15, 0.2) is 0 Å². The van der Waals surface area contributed by atoms with E-state index in [2.05, 4.69) is 20.2 Å². The number of hydrogen-bond acceptors (Lipinski definition) is 7. The summed E-state index contributed by atoms with van der Waals surface area (Å²) in [4.78, 5) is 11.2. The first-order valence-electron chi connectivity index (χ1n) is 8.69. The molecule has 0 aliphatic rings. The number of sulfonamides is 1. The van der Waals surface area contributed by atoms with Gasteiger partial charge < -0.3 is 10.1 Å². The Morgan fingerprint density at radius 2 is 1.93 bits per heavy atom. The summed E-state index contributed by atoms with van der Waals surface area (Å²) in [6.45, 7) is 2.22. The van der Waals surface area contributed by atoms with Gasteiger partial charge in [-0.25, -0.2) is 23.5 Å². The molecule has 1 aromatic heterocycles. The predicted octanol–water partition coefficient (Wildman–Crippen LogP) is 2.10. The number of hydrogen-bond donors (Lipinski definition) is 2. The smallest absolute Gasteiger partial charge is 0.238 e. The van der Waals surface area contributed by atoms with Gasteiger partial charge in [0, 0.05) is 37.5 Å². The van der Waals surface area contributed by atoms with E-state index in [1.165, 1.54) is 12.1 Å². The lowest BCUT2D eigenvalue weighted by atomic mass is 10.1. The van der Waals surface area contributed by atoms with E-state index < -0.39 is 10.0 Å². The summed E-state index contributed by atoms with van der Waals surface area (Å²) in [7, 11) is 0.00207. The van der Waals surface area contributed by atoms with Crippen LogP contribution in [-0.4, -0.2) is 50.6 Å². The Bertz CT molecular complexity index is 1050. The summed E-state index contributed by atoms with van der Waals surface area (Å²) in [5.41, 5.74) is 2.62. The molecule has 0 atom stereocenters. The molecule has 0 aliphatic carbocycles. The minimum atomic E-state index is -3.72. The van der Waals surface area contributed by atoms with Crippen molar-refractivity contribution in [2.24, 2.45) is 5.14 Å². The highest BCUT2D eigenvalue weighted by Gasteiger charge is 2.10. The number of rotatable bonds is 8. The highest BCUT2D eigenvalue weighted by atomic mass is 32.2. The number of fused-ring (bicyclic) bond motifs is 1. The number of likely N-dealkylation sites (N-methyl/N-ethyl adjacent to an activating group) is 1. The molecule has 0 radical (unpaired) electrons. The molecule has 0 spiro atoms. The van der Waals surface area contributed by atoms with Crippen LogP contribution in [0.15, 0.2) is 53.6 Å². The summed E-state index contributed by atoms with van der Waals surface area (Å²) >= 11 is 0. The highest BCUT2D eigenvalue weighted by molar-refractivity contribution is 7.89. The lowest BCUT2D eigenvalue weighted by Crippen LogP contribution is -2.22. The third kappa shape index (κ3) is 5.02. The van der Waals surface area contributed by atoms with Crippen LogP contribution in [-0.2, 0) is 21.3 Å². The topological polar surface area (TPSA) is 110 Å². The number of para-hydroxylation sites is 1. The van der Waals surface area contributed by atoms with Crippen LogP contribution in [0.25, 0.3) is 10.9 Å². The molecule has 0 fully saturated rings. The molecule has 1 heterocycles. The Balaban J connectivity index is 1.83. The number of aromatic nitrogens is 2. The molecule has 0 bridgehead atoms. The molecule has 28 heavy (non-hydrogen) atoms. The van der Waals surface area contributed by atoms with Gasteiger partial charge in [-0.15, -0.1) is 0 Å². The monoisotopic (exact) mass is 401 g/mol. The molecule has 3 aromatic rings. The zero-order chi connectivity index (χ0) is 20.1. The van der Waals surface area contributed by atoms with Gasteiger partial charge in [-0.1, -0.05) is 18.2 Å². The average molecular weight is 401 g/mol. The minimum Gasteiger partial charge on any atom is -0.383 e. The number of primary sulfonamides is 1. The molecular formula is C19H23N5O3S. The first kappa shape index (κ1) is 20.2. The van der Waals surface area contributed by atoms with Gasteiger partial charge in [-0.05, 0) is 36.9 Å². The molecule has 0 amide bonds. The number of anilines is 2. The van der Waals surface area contributed by atoms with Gasteiger partial charge in [0.05, 0.1) is 17.0 Å². The maximum Gasteiger partial charge on any atom is 0.238 e. The molecule has 8 nitrogen and oxygen atoms in total. The van der Waals surface area contributed by atoms with E-state index in [1.807, 2.05) is 25.2 Å². The van der Waals surface area contributed by atoms with Crippen LogP contribution in [0.2, 0.25) is 0 Å². The summed E-state index contributed by atoms with van der Waals surface area (Å²) in [5, 5.41) is 9.17. The number of methoxy groups -OCH3 is 1. The highest BCUT2D eigenvalue weighted by Crippen LogP contribution is 2.21. The van der Waals surface area contributed by atoms with Crippen molar-refractivity contribution >= 4 is 32.6 Å². The van der Waals surface area contributed by atoms with E-state index in [4.69, 9.17) is 9.88 Å². The molecule has 3 rings (SSSR count). The van der Waals surface area contributed by atoms with Gasteiger partial charge in [0.1, 0.15) is 0 Å². The minimum absolute atomic E-state index is 0.0545. The van der Waals surface area contributed by atoms with Crippen molar-refractivity contribution in [2.45, 2.75) is 11.4 Å². The number of nitrogens with one attached hydrogen (secondary N) is 1. The third-order valence-electron chi connectivity index (χ3n) is 4.25. The molecule has 3 N–H and O–H groups in total. The van der Waals surface area contributed by atoms with Crippen LogP contribution >= 0.6 is 0 Å². The van der Waals surface area contributed by atoms with Crippen LogP contribution in [0, 0.1) is 0 Å². The van der Waals surface area contributed by atoms with Gasteiger partial charge in [-0.2, -0.15) is 0 Å². The van der Waals surface area contributed by atoms with Crippen LogP contribution in [0.4, 0.5) is 11.6 Å². The fraction of sp³-hybridized carbons (Fsp3) is 0.263. The summed E-state index contributed by atoms with van der Waals surface area (Å²) < 4.78 is 27.9. The largest absolute Gasteiger partial charge is 0.383 e. The Kier molecular flexibility index (Phi) is 6.20. The lowest BCUT2D eigenvalue weighted by molar-refractivity contribution is 0.159. The zero-order valence-corrected chi connectivity index (χ0v) is 16.6. The second-order valence-corrected chi connectivity index (χ2v) is 8.03. The normalized spacial score (nSPS) is 11.9. The Labute approximate surface area is 164 Å². The van der Waals surface area contributed by atoms with Gasteiger partial charge in [0.2, 0.25) is 16.0 Å². The van der Waals surface area contributed by atoms with Gasteiger partial charge >= 0.3 is 0 Å². The first-order valence-corrected chi connectivity index (χ1v) is 10.2. The van der Waals surface area contributed by atoms with E-state index in [-0.39, 0.29) is 4.90 Å². The summed E-state index contributed by atoms with van der Waals surface area (Å²) in [6, 6.07) is 12.1. The van der Waals surface area contributed by atoms with Crippen molar-refractivity contribution < 1.29 is 13.2 Å². The predicted molar refractivity (Wildman–Crippen MR) is 109 cm³/mol. The van der Waals surface area contributed by atoms with E-state index in [0.29, 0.717) is 18.2 Å². The van der Waals surface area contributed by atoms with Gasteiger partial charge in [-0.3, -0.25) is 4.90 Å². The maximum atomic E-state index is 11.4. The van der Waals surface area contributed by atoms with Crippen molar-refractivity contribution in [3.8, 4) is 0 Å². The quantitative estimate of drug-likeness (QED) is 0.595. The number of benzene rings is 2. The molecule has 9 heteroatoms. The van der Waals surface area contributed by atoms with Crippen molar-refractivity contribution in [1.29, 1.82) is 0 Å². The lowest BCUT2D eigenvalue weighted by Gasteiger charge is -2.17. The zero-order valence-electron chi connectivity index (χ0n) is 15.8.